The SMILES string of the molecule is Cc1ccc(C(=O)N(C)C2CCCCC2)c(C2CCNCC2)n1. The number of carbonyl (C=O) groups is 1. The fraction of sp³-hybridized carbons (Fsp3) is 0.684. The van der Waals surface area contributed by atoms with Gasteiger partial charge in [0.1, 0.15) is 0 Å². The van der Waals surface area contributed by atoms with Crippen LogP contribution in [0.5, 0.6) is 0 Å². The lowest BCUT2D eigenvalue weighted by Crippen LogP contribution is -2.39. The quantitative estimate of drug-likeness (QED) is 0.931. The predicted octanol–water partition coefficient (Wildman–Crippen LogP) is 3.26. The van der Waals surface area contributed by atoms with E-state index < -0.39 is 0 Å². The van der Waals surface area contributed by atoms with E-state index in [-0.39, 0.29) is 5.91 Å². The first-order valence-electron chi connectivity index (χ1n) is 9.12. The summed E-state index contributed by atoms with van der Waals surface area (Å²) in [5, 5.41) is 3.40. The van der Waals surface area contributed by atoms with Crippen LogP contribution in [0.4, 0.5) is 0 Å². The molecule has 0 radical (unpaired) electrons. The number of amides is 1. The molecule has 2 aliphatic rings. The lowest BCUT2D eigenvalue weighted by Gasteiger charge is -2.32. The van der Waals surface area contributed by atoms with Gasteiger partial charge in [0.15, 0.2) is 0 Å². The number of aryl methyl sites for hydroxylation is 1. The second-order valence-electron chi connectivity index (χ2n) is 7.12. The zero-order valence-electron chi connectivity index (χ0n) is 14.5. The Balaban J connectivity index is 1.84. The second-order valence-corrected chi connectivity index (χ2v) is 7.12. The second kappa shape index (κ2) is 7.43. The molecule has 3 rings (SSSR count). The fourth-order valence-corrected chi connectivity index (χ4v) is 3.99. The highest BCUT2D eigenvalue weighted by atomic mass is 16.2. The van der Waals surface area contributed by atoms with E-state index >= 15 is 0 Å². The van der Waals surface area contributed by atoms with E-state index in [1.165, 1.54) is 19.3 Å². The van der Waals surface area contributed by atoms with Crippen LogP contribution in [-0.4, -0.2) is 42.0 Å². The number of nitrogens with zero attached hydrogens (tertiary/aromatic N) is 2. The molecule has 2 heterocycles. The van der Waals surface area contributed by atoms with Crippen molar-refractivity contribution in [1.82, 2.24) is 15.2 Å². The molecule has 1 saturated heterocycles. The predicted molar refractivity (Wildman–Crippen MR) is 92.8 cm³/mol. The highest BCUT2D eigenvalue weighted by Crippen LogP contribution is 2.29. The summed E-state index contributed by atoms with van der Waals surface area (Å²) in [7, 11) is 1.98. The van der Waals surface area contributed by atoms with Crippen LogP contribution >= 0.6 is 0 Å². The van der Waals surface area contributed by atoms with Gasteiger partial charge < -0.3 is 10.2 Å². The van der Waals surface area contributed by atoms with E-state index in [1.54, 1.807) is 0 Å². The van der Waals surface area contributed by atoms with Gasteiger partial charge in [0, 0.05) is 24.7 Å². The highest BCUT2D eigenvalue weighted by molar-refractivity contribution is 5.95. The molecule has 1 N–H and O–H groups in total. The van der Waals surface area contributed by atoms with Crippen molar-refractivity contribution in [2.24, 2.45) is 0 Å². The van der Waals surface area contributed by atoms with Gasteiger partial charge in [-0.1, -0.05) is 19.3 Å². The van der Waals surface area contributed by atoms with Gasteiger partial charge in [-0.15, -0.1) is 0 Å². The summed E-state index contributed by atoms with van der Waals surface area (Å²) < 4.78 is 0. The van der Waals surface area contributed by atoms with Crippen LogP contribution in [0.3, 0.4) is 0 Å². The van der Waals surface area contributed by atoms with Crippen LogP contribution in [0.1, 0.15) is 72.6 Å². The fourth-order valence-electron chi connectivity index (χ4n) is 3.99. The Morgan fingerprint density at radius 3 is 2.52 bits per heavy atom. The third-order valence-electron chi connectivity index (χ3n) is 5.46. The molecule has 1 aromatic rings. The largest absolute Gasteiger partial charge is 0.339 e. The van der Waals surface area contributed by atoms with Crippen LogP contribution < -0.4 is 5.32 Å². The summed E-state index contributed by atoms with van der Waals surface area (Å²) in [6, 6.07) is 4.38. The Hall–Kier alpha value is -1.42. The highest BCUT2D eigenvalue weighted by Gasteiger charge is 2.28. The summed E-state index contributed by atoms with van der Waals surface area (Å²) in [5.74, 6) is 0.577. The molecule has 1 saturated carbocycles. The Morgan fingerprint density at radius 1 is 1.13 bits per heavy atom. The van der Waals surface area contributed by atoms with Gasteiger partial charge in [0.25, 0.3) is 5.91 Å². The smallest absolute Gasteiger partial charge is 0.255 e. The molecular weight excluding hydrogens is 286 g/mol. The number of nitrogens with one attached hydrogen (secondary N) is 1. The average molecular weight is 315 g/mol. The molecule has 0 bridgehead atoms. The number of piperidine rings is 1. The maximum absolute atomic E-state index is 13.1. The van der Waals surface area contributed by atoms with E-state index in [4.69, 9.17) is 4.98 Å². The van der Waals surface area contributed by atoms with Crippen LogP contribution in [0.15, 0.2) is 12.1 Å². The van der Waals surface area contributed by atoms with Crippen molar-refractivity contribution in [3.8, 4) is 0 Å². The van der Waals surface area contributed by atoms with Crippen molar-refractivity contribution in [1.29, 1.82) is 0 Å². The molecule has 0 aromatic carbocycles. The monoisotopic (exact) mass is 315 g/mol. The van der Waals surface area contributed by atoms with Gasteiger partial charge >= 0.3 is 0 Å². The van der Waals surface area contributed by atoms with E-state index in [9.17, 15) is 4.79 Å². The van der Waals surface area contributed by atoms with E-state index in [1.807, 2.05) is 31.0 Å². The summed E-state index contributed by atoms with van der Waals surface area (Å²) in [6.45, 7) is 4.06. The number of hydrogen-bond acceptors (Lipinski definition) is 3. The topological polar surface area (TPSA) is 45.2 Å². The Kier molecular flexibility index (Phi) is 5.31. The van der Waals surface area contributed by atoms with Crippen molar-refractivity contribution in [3.63, 3.8) is 0 Å². The average Bonchev–Trinajstić information content (AvgIpc) is 2.62. The van der Waals surface area contributed by atoms with Crippen LogP contribution in [0, 0.1) is 6.92 Å². The van der Waals surface area contributed by atoms with Gasteiger partial charge in [-0.3, -0.25) is 9.78 Å². The lowest BCUT2D eigenvalue weighted by atomic mass is 9.89. The molecule has 0 atom stereocenters. The van der Waals surface area contributed by atoms with Crippen molar-refractivity contribution in [3.05, 3.63) is 29.1 Å². The molecule has 4 nitrogen and oxygen atoms in total. The number of rotatable bonds is 3. The van der Waals surface area contributed by atoms with Crippen molar-refractivity contribution in [2.75, 3.05) is 20.1 Å². The van der Waals surface area contributed by atoms with Crippen LogP contribution in [0.2, 0.25) is 0 Å². The Labute approximate surface area is 139 Å². The van der Waals surface area contributed by atoms with E-state index in [0.717, 1.165) is 55.7 Å². The van der Waals surface area contributed by atoms with E-state index in [2.05, 4.69) is 5.32 Å². The summed E-state index contributed by atoms with van der Waals surface area (Å²) in [4.78, 5) is 19.8. The molecule has 0 spiro atoms. The molecule has 0 unspecified atom stereocenters. The minimum absolute atomic E-state index is 0.165. The number of carbonyl (C=O) groups excluding carboxylic acids is 1. The molecule has 1 amide bonds. The Morgan fingerprint density at radius 2 is 1.83 bits per heavy atom. The number of pyridine rings is 1. The molecule has 2 fully saturated rings. The van der Waals surface area contributed by atoms with Gasteiger partial charge in [-0.2, -0.15) is 0 Å². The van der Waals surface area contributed by atoms with Crippen LogP contribution in [0.25, 0.3) is 0 Å². The molecular formula is C19H29N3O. The zero-order valence-corrected chi connectivity index (χ0v) is 14.5. The van der Waals surface area contributed by atoms with Gasteiger partial charge in [-0.25, -0.2) is 0 Å². The number of aromatic nitrogens is 1. The molecule has 1 aliphatic carbocycles. The van der Waals surface area contributed by atoms with Gasteiger partial charge in [0.2, 0.25) is 0 Å². The maximum Gasteiger partial charge on any atom is 0.255 e. The summed E-state index contributed by atoms with van der Waals surface area (Å²) in [6.07, 6.45) is 8.23. The third kappa shape index (κ3) is 3.74. The molecule has 1 aliphatic heterocycles. The lowest BCUT2D eigenvalue weighted by molar-refractivity contribution is 0.0693. The van der Waals surface area contributed by atoms with Crippen molar-refractivity contribution >= 4 is 5.91 Å². The molecule has 4 heteroatoms. The van der Waals surface area contributed by atoms with Crippen molar-refractivity contribution in [2.45, 2.75) is 63.8 Å². The molecule has 23 heavy (non-hydrogen) atoms. The maximum atomic E-state index is 13.1. The third-order valence-corrected chi connectivity index (χ3v) is 5.46. The van der Waals surface area contributed by atoms with Gasteiger partial charge in [-0.05, 0) is 57.8 Å². The minimum Gasteiger partial charge on any atom is -0.339 e. The first-order valence-corrected chi connectivity index (χ1v) is 9.12. The molecule has 126 valence electrons. The minimum atomic E-state index is 0.165. The molecule has 1 aromatic heterocycles. The van der Waals surface area contributed by atoms with Gasteiger partial charge in [0.05, 0.1) is 11.3 Å². The normalized spacial score (nSPS) is 20.4. The number of hydrogen-bond donors (Lipinski definition) is 1. The van der Waals surface area contributed by atoms with E-state index in [0.29, 0.717) is 12.0 Å². The van der Waals surface area contributed by atoms with Crippen molar-refractivity contribution < 1.29 is 4.79 Å². The first-order chi connectivity index (χ1) is 11.2. The van der Waals surface area contributed by atoms with Crippen LogP contribution in [-0.2, 0) is 0 Å². The zero-order chi connectivity index (χ0) is 16.2. The first kappa shape index (κ1) is 16.4. The Bertz CT molecular complexity index is 546. The summed E-state index contributed by atoms with van der Waals surface area (Å²) in [5.41, 5.74) is 2.87. The summed E-state index contributed by atoms with van der Waals surface area (Å²) >= 11 is 0. The standard InChI is InChI=1S/C19H29N3O/c1-14-8-9-17(18(21-14)15-10-12-20-13-11-15)19(23)22(2)16-6-4-3-5-7-16/h8-9,15-16,20H,3-7,10-13H2,1-2H3.